The first-order chi connectivity index (χ1) is 7.98. The van der Waals surface area contributed by atoms with Gasteiger partial charge in [0.25, 0.3) is 0 Å². The lowest BCUT2D eigenvalue weighted by Gasteiger charge is -2.29. The van der Waals surface area contributed by atoms with E-state index < -0.39 is 5.54 Å². The van der Waals surface area contributed by atoms with Crippen molar-refractivity contribution in [2.24, 2.45) is 5.73 Å². The van der Waals surface area contributed by atoms with Crippen LogP contribution in [0.1, 0.15) is 27.2 Å². The fourth-order valence-corrected chi connectivity index (χ4v) is 3.83. The third-order valence-electron chi connectivity index (χ3n) is 2.52. The molecule has 3 N–H and O–H groups in total. The summed E-state index contributed by atoms with van der Waals surface area (Å²) >= 11 is 3.29. The Morgan fingerprint density at radius 1 is 1.76 bits per heavy atom. The van der Waals surface area contributed by atoms with Crippen molar-refractivity contribution in [2.45, 2.75) is 42.3 Å². The van der Waals surface area contributed by atoms with Crippen molar-refractivity contribution < 1.29 is 4.79 Å². The van der Waals surface area contributed by atoms with Gasteiger partial charge in [-0.05, 0) is 19.9 Å². The van der Waals surface area contributed by atoms with E-state index in [-0.39, 0.29) is 11.2 Å². The Balaban J connectivity index is 2.58. The normalized spacial score (nSPS) is 16.4. The Morgan fingerprint density at radius 3 is 2.94 bits per heavy atom. The van der Waals surface area contributed by atoms with Crippen LogP contribution < -0.4 is 11.1 Å². The number of carbonyl (C=O) groups is 1. The standard InChI is InChI=1S/C11H19N3OS2/c1-4-14-11(3,9(12)15)7-8(2)17-10-13-5-6-16-10/h5-6,8,14H,4,7H2,1-3H3,(H2,12,15). The molecule has 0 radical (unpaired) electrons. The Labute approximate surface area is 110 Å². The van der Waals surface area contributed by atoms with Crippen LogP contribution in [0.15, 0.2) is 15.9 Å². The summed E-state index contributed by atoms with van der Waals surface area (Å²) in [5.74, 6) is -0.300. The molecule has 0 aliphatic carbocycles. The van der Waals surface area contributed by atoms with Gasteiger partial charge < -0.3 is 11.1 Å². The van der Waals surface area contributed by atoms with Gasteiger partial charge >= 0.3 is 0 Å². The molecule has 0 aromatic carbocycles. The maximum absolute atomic E-state index is 11.5. The van der Waals surface area contributed by atoms with Gasteiger partial charge in [0, 0.05) is 16.8 Å². The minimum absolute atomic E-state index is 0.290. The first-order valence-electron chi connectivity index (χ1n) is 5.59. The van der Waals surface area contributed by atoms with Crippen LogP contribution in [-0.4, -0.2) is 28.2 Å². The van der Waals surface area contributed by atoms with Crippen LogP contribution in [0.2, 0.25) is 0 Å². The average Bonchev–Trinajstić information content (AvgIpc) is 2.70. The fourth-order valence-electron chi connectivity index (χ4n) is 1.71. The number of nitrogens with two attached hydrogens (primary N) is 1. The van der Waals surface area contributed by atoms with Crippen LogP contribution in [0.25, 0.3) is 0 Å². The van der Waals surface area contributed by atoms with Crippen molar-refractivity contribution in [3.63, 3.8) is 0 Å². The minimum Gasteiger partial charge on any atom is -0.368 e. The molecule has 0 spiro atoms. The molecule has 0 saturated carbocycles. The van der Waals surface area contributed by atoms with Crippen molar-refractivity contribution >= 4 is 29.0 Å². The van der Waals surface area contributed by atoms with Gasteiger partial charge in [-0.15, -0.1) is 11.3 Å². The van der Waals surface area contributed by atoms with E-state index in [1.807, 2.05) is 19.2 Å². The monoisotopic (exact) mass is 273 g/mol. The number of rotatable bonds is 7. The van der Waals surface area contributed by atoms with E-state index in [0.29, 0.717) is 6.42 Å². The number of nitrogens with one attached hydrogen (secondary N) is 1. The first-order valence-corrected chi connectivity index (χ1v) is 7.35. The Bertz CT molecular complexity index is 356. The molecule has 0 aliphatic heterocycles. The van der Waals surface area contributed by atoms with Gasteiger partial charge in [-0.2, -0.15) is 0 Å². The largest absolute Gasteiger partial charge is 0.368 e. The number of amides is 1. The van der Waals surface area contributed by atoms with Gasteiger partial charge in [0.1, 0.15) is 4.34 Å². The molecule has 17 heavy (non-hydrogen) atoms. The van der Waals surface area contributed by atoms with Gasteiger partial charge in [0.05, 0.1) is 5.54 Å². The molecule has 2 unspecified atom stereocenters. The number of hydrogen-bond donors (Lipinski definition) is 2. The number of aromatic nitrogens is 1. The van der Waals surface area contributed by atoms with Crippen molar-refractivity contribution in [2.75, 3.05) is 6.54 Å². The third kappa shape index (κ3) is 4.29. The number of primary amides is 1. The van der Waals surface area contributed by atoms with Crippen molar-refractivity contribution in [3.8, 4) is 0 Å². The zero-order valence-electron chi connectivity index (χ0n) is 10.4. The predicted octanol–water partition coefficient (Wildman–Crippen LogP) is 1.87. The molecule has 0 bridgehead atoms. The molecule has 1 aromatic heterocycles. The molecule has 6 heteroatoms. The van der Waals surface area contributed by atoms with Crippen LogP contribution in [0.3, 0.4) is 0 Å². The molecule has 96 valence electrons. The lowest BCUT2D eigenvalue weighted by Crippen LogP contribution is -2.54. The average molecular weight is 273 g/mol. The van der Waals surface area contributed by atoms with Crippen LogP contribution in [-0.2, 0) is 4.79 Å². The quantitative estimate of drug-likeness (QED) is 0.744. The predicted molar refractivity (Wildman–Crippen MR) is 73.3 cm³/mol. The highest BCUT2D eigenvalue weighted by molar-refractivity contribution is 8.01. The van der Waals surface area contributed by atoms with E-state index in [4.69, 9.17) is 5.73 Å². The molecule has 1 rings (SSSR count). The summed E-state index contributed by atoms with van der Waals surface area (Å²) in [7, 11) is 0. The van der Waals surface area contributed by atoms with Crippen LogP contribution in [0.5, 0.6) is 0 Å². The zero-order chi connectivity index (χ0) is 12.9. The van der Waals surface area contributed by atoms with E-state index in [1.54, 1.807) is 29.3 Å². The number of nitrogens with zero attached hydrogens (tertiary/aromatic N) is 1. The lowest BCUT2D eigenvalue weighted by atomic mass is 9.95. The molecule has 0 saturated heterocycles. The molecule has 4 nitrogen and oxygen atoms in total. The summed E-state index contributed by atoms with van der Waals surface area (Å²) in [5.41, 5.74) is 4.81. The van der Waals surface area contributed by atoms with Crippen molar-refractivity contribution in [3.05, 3.63) is 11.6 Å². The molecular weight excluding hydrogens is 254 g/mol. The summed E-state index contributed by atoms with van der Waals surface area (Å²) in [4.78, 5) is 15.7. The SMILES string of the molecule is CCNC(C)(CC(C)Sc1nccs1)C(N)=O. The molecule has 0 fully saturated rings. The second kappa shape index (κ2) is 6.37. The molecule has 1 aromatic rings. The maximum Gasteiger partial charge on any atom is 0.237 e. The van der Waals surface area contributed by atoms with E-state index in [9.17, 15) is 4.79 Å². The first kappa shape index (κ1) is 14.5. The number of likely N-dealkylation sites (N-methyl/N-ethyl adjacent to an activating group) is 1. The highest BCUT2D eigenvalue weighted by Gasteiger charge is 2.32. The van der Waals surface area contributed by atoms with Gasteiger partial charge in [-0.25, -0.2) is 4.98 Å². The smallest absolute Gasteiger partial charge is 0.237 e. The molecule has 1 heterocycles. The molecular formula is C11H19N3OS2. The van der Waals surface area contributed by atoms with Crippen molar-refractivity contribution in [1.82, 2.24) is 10.3 Å². The molecule has 2 atom stereocenters. The van der Waals surface area contributed by atoms with Crippen LogP contribution in [0, 0.1) is 0 Å². The second-order valence-electron chi connectivity index (χ2n) is 4.16. The Hall–Kier alpha value is -0.590. The molecule has 1 amide bonds. The highest BCUT2D eigenvalue weighted by Crippen LogP contribution is 2.29. The van der Waals surface area contributed by atoms with Crippen molar-refractivity contribution in [1.29, 1.82) is 0 Å². The van der Waals surface area contributed by atoms with E-state index in [0.717, 1.165) is 10.9 Å². The van der Waals surface area contributed by atoms with Gasteiger partial charge in [0.15, 0.2) is 0 Å². The van der Waals surface area contributed by atoms with Crippen LogP contribution >= 0.6 is 23.1 Å². The number of carbonyl (C=O) groups excluding carboxylic acids is 1. The summed E-state index contributed by atoms with van der Waals surface area (Å²) in [6.07, 6.45) is 2.48. The van der Waals surface area contributed by atoms with E-state index in [2.05, 4.69) is 17.2 Å². The fraction of sp³-hybridized carbons (Fsp3) is 0.636. The number of hydrogen-bond acceptors (Lipinski definition) is 5. The van der Waals surface area contributed by atoms with E-state index >= 15 is 0 Å². The second-order valence-corrected chi connectivity index (χ2v) is 6.74. The summed E-state index contributed by atoms with van der Waals surface area (Å²) in [6.45, 7) is 6.65. The molecule has 0 aliphatic rings. The summed E-state index contributed by atoms with van der Waals surface area (Å²) in [5, 5.41) is 5.40. The number of thiazole rings is 1. The number of thioether (sulfide) groups is 1. The lowest BCUT2D eigenvalue weighted by molar-refractivity contribution is -0.124. The minimum atomic E-state index is -0.640. The highest BCUT2D eigenvalue weighted by atomic mass is 32.2. The van der Waals surface area contributed by atoms with Gasteiger partial charge in [-0.3, -0.25) is 4.79 Å². The maximum atomic E-state index is 11.5. The van der Waals surface area contributed by atoms with E-state index in [1.165, 1.54) is 0 Å². The van der Waals surface area contributed by atoms with Crippen LogP contribution in [0.4, 0.5) is 0 Å². The Kier molecular flexibility index (Phi) is 5.42. The zero-order valence-corrected chi connectivity index (χ0v) is 12.0. The summed E-state index contributed by atoms with van der Waals surface area (Å²) in [6, 6.07) is 0. The van der Waals surface area contributed by atoms with Gasteiger partial charge in [-0.1, -0.05) is 25.6 Å². The van der Waals surface area contributed by atoms with Gasteiger partial charge in [0.2, 0.25) is 5.91 Å². The Morgan fingerprint density at radius 2 is 2.47 bits per heavy atom. The summed E-state index contributed by atoms with van der Waals surface area (Å²) < 4.78 is 1.03. The topological polar surface area (TPSA) is 68.0 Å². The third-order valence-corrected chi connectivity index (χ3v) is 4.54.